The van der Waals surface area contributed by atoms with Crippen LogP contribution in [0, 0.1) is 0 Å². The number of ether oxygens (including phenoxy) is 2. The van der Waals surface area contributed by atoms with Crippen LogP contribution in [0.15, 0.2) is 35.3 Å². The third-order valence-electron chi connectivity index (χ3n) is 3.54. The highest BCUT2D eigenvalue weighted by atomic mass is 16.5. The smallest absolute Gasteiger partial charge is 0.263 e. The molecule has 0 aliphatic rings. The van der Waals surface area contributed by atoms with Gasteiger partial charge in [-0.25, -0.2) is 0 Å². The maximum Gasteiger partial charge on any atom is 0.263 e. The average Bonchev–Trinajstić information content (AvgIpc) is 2.97. The summed E-state index contributed by atoms with van der Waals surface area (Å²) in [6.45, 7) is 1.18. The monoisotopic (exact) mass is 329 g/mol. The van der Waals surface area contributed by atoms with Crippen LogP contribution in [0.1, 0.15) is 6.42 Å². The molecule has 8 heteroatoms. The zero-order valence-corrected chi connectivity index (χ0v) is 13.6. The fourth-order valence-electron chi connectivity index (χ4n) is 2.26. The third-order valence-corrected chi connectivity index (χ3v) is 3.54. The lowest BCUT2D eigenvalue weighted by atomic mass is 10.3. The molecule has 8 nitrogen and oxygen atoms in total. The molecule has 1 aromatic carbocycles. The summed E-state index contributed by atoms with van der Waals surface area (Å²) in [4.78, 5) is 19.0. The summed E-state index contributed by atoms with van der Waals surface area (Å²) in [6.07, 6.45) is 2.27. The number of benzene rings is 1. The average molecular weight is 329 g/mol. The number of anilines is 1. The van der Waals surface area contributed by atoms with Crippen molar-refractivity contribution in [3.8, 4) is 11.5 Å². The third kappa shape index (κ3) is 3.48. The van der Waals surface area contributed by atoms with Crippen LogP contribution in [0.25, 0.3) is 11.0 Å². The van der Waals surface area contributed by atoms with E-state index in [4.69, 9.17) is 9.47 Å². The Morgan fingerprint density at radius 3 is 2.75 bits per heavy atom. The fraction of sp³-hybridized carbons (Fsp3) is 0.312. The van der Waals surface area contributed by atoms with Crippen LogP contribution in [0.4, 0.5) is 5.95 Å². The predicted octanol–water partition coefficient (Wildman–Crippen LogP) is 1.55. The van der Waals surface area contributed by atoms with Gasteiger partial charge in [-0.2, -0.15) is 10.1 Å². The van der Waals surface area contributed by atoms with Crippen molar-refractivity contribution in [3.05, 3.63) is 40.8 Å². The van der Waals surface area contributed by atoms with E-state index in [-0.39, 0.29) is 5.56 Å². The van der Waals surface area contributed by atoms with Crippen LogP contribution in [-0.4, -0.2) is 40.0 Å². The van der Waals surface area contributed by atoms with Gasteiger partial charge in [-0.15, -0.1) is 0 Å². The van der Waals surface area contributed by atoms with E-state index in [0.717, 1.165) is 17.9 Å². The molecule has 0 amide bonds. The molecule has 3 rings (SSSR count). The van der Waals surface area contributed by atoms with E-state index in [1.54, 1.807) is 18.8 Å². The second-order valence-corrected chi connectivity index (χ2v) is 5.22. The molecule has 3 aromatic rings. The minimum absolute atomic E-state index is 0.204. The largest absolute Gasteiger partial charge is 0.497 e. The van der Waals surface area contributed by atoms with Gasteiger partial charge in [-0.05, 0) is 30.7 Å². The van der Waals surface area contributed by atoms with Gasteiger partial charge in [0.1, 0.15) is 16.9 Å². The molecule has 2 aromatic heterocycles. The second-order valence-electron chi connectivity index (χ2n) is 5.22. The van der Waals surface area contributed by atoms with Gasteiger partial charge in [0.25, 0.3) is 5.56 Å². The van der Waals surface area contributed by atoms with Gasteiger partial charge in [0.05, 0.1) is 19.9 Å². The van der Waals surface area contributed by atoms with Crippen LogP contribution in [0.3, 0.4) is 0 Å². The molecule has 0 saturated heterocycles. The zero-order valence-electron chi connectivity index (χ0n) is 13.6. The Kier molecular flexibility index (Phi) is 4.64. The number of aryl methyl sites for hydroxylation is 1. The number of hydrogen-bond donors (Lipinski definition) is 2. The summed E-state index contributed by atoms with van der Waals surface area (Å²) in [5.74, 6) is 2.02. The van der Waals surface area contributed by atoms with Crippen LogP contribution in [-0.2, 0) is 7.05 Å². The molecule has 0 radical (unpaired) electrons. The highest BCUT2D eigenvalue weighted by Gasteiger charge is 2.07. The molecule has 0 unspecified atom stereocenters. The van der Waals surface area contributed by atoms with E-state index in [1.807, 2.05) is 24.3 Å². The van der Waals surface area contributed by atoms with Crippen molar-refractivity contribution in [1.82, 2.24) is 19.7 Å². The summed E-state index contributed by atoms with van der Waals surface area (Å²) in [7, 11) is 3.38. The van der Waals surface area contributed by atoms with Crippen molar-refractivity contribution in [2.24, 2.45) is 7.05 Å². The van der Waals surface area contributed by atoms with E-state index in [1.165, 1.54) is 6.20 Å². The number of H-pyrrole nitrogens is 1. The fourth-order valence-corrected chi connectivity index (χ4v) is 2.26. The number of aromatic amines is 1. The Labute approximate surface area is 138 Å². The first-order valence-corrected chi connectivity index (χ1v) is 7.60. The van der Waals surface area contributed by atoms with E-state index >= 15 is 0 Å². The first kappa shape index (κ1) is 15.9. The Morgan fingerprint density at radius 2 is 2.00 bits per heavy atom. The Hall–Kier alpha value is -3.03. The number of fused-ring (bicyclic) bond motifs is 1. The van der Waals surface area contributed by atoms with E-state index in [0.29, 0.717) is 30.1 Å². The van der Waals surface area contributed by atoms with Gasteiger partial charge in [0, 0.05) is 13.6 Å². The number of rotatable bonds is 7. The van der Waals surface area contributed by atoms with Gasteiger partial charge < -0.3 is 14.8 Å². The van der Waals surface area contributed by atoms with E-state index in [2.05, 4.69) is 20.4 Å². The Balaban J connectivity index is 1.49. The van der Waals surface area contributed by atoms with Crippen LogP contribution in [0.5, 0.6) is 11.5 Å². The summed E-state index contributed by atoms with van der Waals surface area (Å²) < 4.78 is 12.3. The Bertz CT molecular complexity index is 870. The maximum absolute atomic E-state index is 11.9. The summed E-state index contributed by atoms with van der Waals surface area (Å²) >= 11 is 0. The SMILES string of the molecule is COc1ccc(OCCCNc2nc3c(cnn3C)c(=O)[nH]2)cc1. The predicted molar refractivity (Wildman–Crippen MR) is 90.7 cm³/mol. The molecule has 2 heterocycles. The lowest BCUT2D eigenvalue weighted by molar-refractivity contribution is 0.314. The minimum Gasteiger partial charge on any atom is -0.497 e. The van der Waals surface area contributed by atoms with E-state index in [9.17, 15) is 4.79 Å². The standard InChI is InChI=1S/C16H19N5O3/c1-21-14-13(10-18-21)15(22)20-16(19-14)17-8-3-9-24-12-6-4-11(23-2)5-7-12/h4-7,10H,3,8-9H2,1-2H3,(H2,17,19,20,22). The van der Waals surface area contributed by atoms with Gasteiger partial charge in [-0.1, -0.05) is 0 Å². The van der Waals surface area contributed by atoms with Crippen molar-refractivity contribution < 1.29 is 9.47 Å². The van der Waals surface area contributed by atoms with Crippen molar-refractivity contribution in [1.29, 1.82) is 0 Å². The maximum atomic E-state index is 11.9. The number of hydrogen-bond acceptors (Lipinski definition) is 6. The topological polar surface area (TPSA) is 94.1 Å². The molecule has 126 valence electrons. The zero-order chi connectivity index (χ0) is 16.9. The number of aromatic nitrogens is 4. The van der Waals surface area contributed by atoms with Gasteiger partial charge in [0.15, 0.2) is 5.65 Å². The van der Waals surface area contributed by atoms with Crippen LogP contribution < -0.4 is 20.3 Å². The molecular formula is C16H19N5O3. The van der Waals surface area contributed by atoms with Crippen molar-refractivity contribution in [2.75, 3.05) is 25.6 Å². The molecule has 0 aliphatic carbocycles. The lowest BCUT2D eigenvalue weighted by Crippen LogP contribution is -2.15. The highest BCUT2D eigenvalue weighted by molar-refractivity contribution is 5.74. The van der Waals surface area contributed by atoms with Crippen molar-refractivity contribution >= 4 is 17.0 Å². The minimum atomic E-state index is -0.204. The summed E-state index contributed by atoms with van der Waals surface area (Å²) in [5.41, 5.74) is 0.348. The molecular weight excluding hydrogens is 310 g/mol. The molecule has 24 heavy (non-hydrogen) atoms. The molecule has 2 N–H and O–H groups in total. The van der Waals surface area contributed by atoms with Crippen LogP contribution in [0.2, 0.25) is 0 Å². The molecule has 0 bridgehead atoms. The number of nitrogens with zero attached hydrogens (tertiary/aromatic N) is 3. The van der Waals surface area contributed by atoms with E-state index < -0.39 is 0 Å². The summed E-state index contributed by atoms with van der Waals surface area (Å²) in [5, 5.41) is 7.60. The molecule has 0 spiro atoms. The quantitative estimate of drug-likeness (QED) is 0.639. The normalized spacial score (nSPS) is 10.8. The lowest BCUT2D eigenvalue weighted by Gasteiger charge is -2.08. The molecule has 0 aliphatic heterocycles. The van der Waals surface area contributed by atoms with Crippen molar-refractivity contribution in [3.63, 3.8) is 0 Å². The molecule has 0 fully saturated rings. The second kappa shape index (κ2) is 7.03. The molecule has 0 atom stereocenters. The van der Waals surface area contributed by atoms with Gasteiger partial charge in [0.2, 0.25) is 5.95 Å². The Morgan fingerprint density at radius 1 is 1.25 bits per heavy atom. The van der Waals surface area contributed by atoms with Crippen molar-refractivity contribution in [2.45, 2.75) is 6.42 Å². The first-order valence-electron chi connectivity index (χ1n) is 7.60. The van der Waals surface area contributed by atoms with Crippen LogP contribution >= 0.6 is 0 Å². The molecule has 0 saturated carbocycles. The van der Waals surface area contributed by atoms with Gasteiger partial charge in [-0.3, -0.25) is 14.5 Å². The van der Waals surface area contributed by atoms with Gasteiger partial charge >= 0.3 is 0 Å². The highest BCUT2D eigenvalue weighted by Crippen LogP contribution is 2.17. The first-order chi connectivity index (χ1) is 11.7. The number of methoxy groups -OCH3 is 1. The summed E-state index contributed by atoms with van der Waals surface area (Å²) in [6, 6.07) is 7.43. The number of nitrogens with one attached hydrogen (secondary N) is 2.